The van der Waals surface area contributed by atoms with Gasteiger partial charge in [-0.3, -0.25) is 19.6 Å². The van der Waals surface area contributed by atoms with E-state index < -0.39 is 10.8 Å². The molecule has 0 unspecified atom stereocenters. The molecule has 3 aromatic rings. The molecule has 0 atom stereocenters. The fourth-order valence-electron chi connectivity index (χ4n) is 2.25. The van der Waals surface area contributed by atoms with Crippen molar-refractivity contribution in [1.29, 1.82) is 0 Å². The second-order valence-electron chi connectivity index (χ2n) is 5.34. The van der Waals surface area contributed by atoms with Crippen LogP contribution in [0.4, 0.5) is 11.4 Å². The molecule has 9 heteroatoms. The molecule has 0 saturated carbocycles. The van der Waals surface area contributed by atoms with Gasteiger partial charge >= 0.3 is 0 Å². The lowest BCUT2D eigenvalue weighted by Gasteiger charge is -2.09. The van der Waals surface area contributed by atoms with E-state index in [1.165, 1.54) is 29.1 Å². The lowest BCUT2D eigenvalue weighted by Crippen LogP contribution is -2.13. The molecular weight excluding hydrogens is 360 g/mol. The van der Waals surface area contributed by atoms with Crippen LogP contribution in [0.2, 0.25) is 5.02 Å². The van der Waals surface area contributed by atoms with Gasteiger partial charge in [-0.15, -0.1) is 0 Å². The monoisotopic (exact) mass is 372 g/mol. The number of para-hydroxylation sites is 1. The van der Waals surface area contributed by atoms with Crippen molar-refractivity contribution in [3.63, 3.8) is 0 Å². The summed E-state index contributed by atoms with van der Waals surface area (Å²) in [6, 6.07) is 12.8. The molecule has 1 aromatic heterocycles. The Morgan fingerprint density at radius 3 is 2.58 bits per heavy atom. The first-order valence-corrected chi connectivity index (χ1v) is 7.83. The van der Waals surface area contributed by atoms with E-state index in [4.69, 9.17) is 16.3 Å². The molecule has 0 radical (unpaired) electrons. The number of nitro groups is 1. The number of benzene rings is 2. The molecule has 3 rings (SSSR count). The van der Waals surface area contributed by atoms with Gasteiger partial charge in [0.15, 0.2) is 5.69 Å². The minimum atomic E-state index is -0.582. The summed E-state index contributed by atoms with van der Waals surface area (Å²) in [6.45, 7) is 0. The molecule has 1 amide bonds. The predicted molar refractivity (Wildman–Crippen MR) is 95.8 cm³/mol. The van der Waals surface area contributed by atoms with Crippen LogP contribution in [-0.2, 0) is 7.05 Å². The lowest BCUT2D eigenvalue weighted by molar-refractivity contribution is -0.384. The first-order chi connectivity index (χ1) is 12.4. The zero-order valence-corrected chi connectivity index (χ0v) is 14.3. The summed E-state index contributed by atoms with van der Waals surface area (Å²) in [5.41, 5.74) is -0.0103. The largest absolute Gasteiger partial charge is 0.457 e. The lowest BCUT2D eigenvalue weighted by atomic mass is 10.2. The maximum atomic E-state index is 12.3. The second kappa shape index (κ2) is 7.24. The van der Waals surface area contributed by atoms with Gasteiger partial charge in [0.1, 0.15) is 11.5 Å². The van der Waals surface area contributed by atoms with Gasteiger partial charge in [0.25, 0.3) is 11.6 Å². The van der Waals surface area contributed by atoms with Crippen molar-refractivity contribution in [3.05, 3.63) is 75.6 Å². The number of amides is 1. The van der Waals surface area contributed by atoms with Gasteiger partial charge in [-0.1, -0.05) is 29.8 Å². The summed E-state index contributed by atoms with van der Waals surface area (Å²) in [4.78, 5) is 22.9. The third-order valence-electron chi connectivity index (χ3n) is 3.34. The zero-order chi connectivity index (χ0) is 18.7. The Bertz CT molecular complexity index is 972. The SMILES string of the molecule is Cn1cc(Cl)c(C(=O)Nc2cc(Oc3ccccc3)cc([N+](=O)[O-])c2)n1. The summed E-state index contributed by atoms with van der Waals surface area (Å²) in [5.74, 6) is 0.146. The van der Waals surface area contributed by atoms with E-state index in [0.29, 0.717) is 5.75 Å². The van der Waals surface area contributed by atoms with E-state index in [1.807, 2.05) is 6.07 Å². The van der Waals surface area contributed by atoms with Crippen LogP contribution in [0.25, 0.3) is 0 Å². The van der Waals surface area contributed by atoms with Gasteiger partial charge in [-0.05, 0) is 12.1 Å². The number of hydrogen-bond donors (Lipinski definition) is 1. The number of ether oxygens (including phenoxy) is 1. The predicted octanol–water partition coefficient (Wildman–Crippen LogP) is 4.03. The number of nitrogens with zero attached hydrogens (tertiary/aromatic N) is 3. The summed E-state index contributed by atoms with van der Waals surface area (Å²) >= 11 is 5.95. The molecule has 0 aliphatic carbocycles. The van der Waals surface area contributed by atoms with Crippen molar-refractivity contribution in [3.8, 4) is 11.5 Å². The van der Waals surface area contributed by atoms with Gasteiger partial charge in [0.2, 0.25) is 0 Å². The van der Waals surface area contributed by atoms with Crippen LogP contribution in [-0.4, -0.2) is 20.6 Å². The van der Waals surface area contributed by atoms with Crippen molar-refractivity contribution in [2.45, 2.75) is 0 Å². The molecule has 0 fully saturated rings. The average molecular weight is 373 g/mol. The number of halogens is 1. The molecule has 1 heterocycles. The van der Waals surface area contributed by atoms with E-state index in [0.717, 1.165) is 0 Å². The zero-order valence-electron chi connectivity index (χ0n) is 13.5. The first kappa shape index (κ1) is 17.4. The van der Waals surface area contributed by atoms with Gasteiger partial charge in [0, 0.05) is 25.4 Å². The molecule has 0 aliphatic rings. The number of carbonyl (C=O) groups is 1. The van der Waals surface area contributed by atoms with Crippen LogP contribution in [0, 0.1) is 10.1 Å². The molecule has 8 nitrogen and oxygen atoms in total. The molecule has 0 spiro atoms. The molecule has 0 saturated heterocycles. The highest BCUT2D eigenvalue weighted by Crippen LogP contribution is 2.30. The Morgan fingerprint density at radius 1 is 1.23 bits per heavy atom. The van der Waals surface area contributed by atoms with Gasteiger partial charge in [0.05, 0.1) is 21.7 Å². The number of rotatable bonds is 5. The van der Waals surface area contributed by atoms with Crippen molar-refractivity contribution in [1.82, 2.24) is 9.78 Å². The summed E-state index contributed by atoms with van der Waals surface area (Å²) in [5, 5.41) is 17.9. The van der Waals surface area contributed by atoms with Gasteiger partial charge < -0.3 is 10.1 Å². The molecule has 0 bridgehead atoms. The van der Waals surface area contributed by atoms with Crippen LogP contribution in [0.15, 0.2) is 54.7 Å². The molecule has 132 valence electrons. The third kappa shape index (κ3) is 3.98. The van der Waals surface area contributed by atoms with E-state index >= 15 is 0 Å². The highest BCUT2D eigenvalue weighted by Gasteiger charge is 2.17. The second-order valence-corrected chi connectivity index (χ2v) is 5.75. The maximum absolute atomic E-state index is 12.3. The van der Waals surface area contributed by atoms with Crippen molar-refractivity contribution in [2.75, 3.05) is 5.32 Å². The summed E-state index contributed by atoms with van der Waals surface area (Å²) in [6.07, 6.45) is 1.48. The van der Waals surface area contributed by atoms with Crippen molar-refractivity contribution >= 4 is 28.9 Å². The fourth-order valence-corrected chi connectivity index (χ4v) is 2.51. The van der Waals surface area contributed by atoms with Gasteiger partial charge in [-0.2, -0.15) is 5.10 Å². The highest BCUT2D eigenvalue weighted by atomic mass is 35.5. The number of non-ortho nitro benzene ring substituents is 1. The minimum absolute atomic E-state index is 0.0196. The molecule has 2 aromatic carbocycles. The van der Waals surface area contributed by atoms with Crippen LogP contribution in [0.3, 0.4) is 0 Å². The quantitative estimate of drug-likeness (QED) is 0.538. The number of carbonyl (C=O) groups excluding carboxylic acids is 1. The Hall–Kier alpha value is -3.39. The van der Waals surface area contributed by atoms with Crippen molar-refractivity contribution < 1.29 is 14.5 Å². The van der Waals surface area contributed by atoms with Gasteiger partial charge in [-0.25, -0.2) is 0 Å². The summed E-state index contributed by atoms with van der Waals surface area (Å²) in [7, 11) is 1.63. The number of aryl methyl sites for hydroxylation is 1. The fraction of sp³-hybridized carbons (Fsp3) is 0.0588. The normalized spacial score (nSPS) is 10.4. The number of anilines is 1. The standard InChI is InChI=1S/C17H13ClN4O4/c1-21-10-15(18)16(20-21)17(23)19-11-7-12(22(24)25)9-14(8-11)26-13-5-3-2-4-6-13/h2-10H,1H3,(H,19,23). The molecule has 1 N–H and O–H groups in total. The third-order valence-corrected chi connectivity index (χ3v) is 3.61. The Morgan fingerprint density at radius 2 is 1.96 bits per heavy atom. The Balaban J connectivity index is 1.89. The number of aromatic nitrogens is 2. The number of nitro benzene ring substituents is 1. The number of nitrogens with one attached hydrogen (secondary N) is 1. The molecule has 0 aliphatic heterocycles. The highest BCUT2D eigenvalue weighted by molar-refractivity contribution is 6.34. The Labute approximate surface area is 153 Å². The van der Waals surface area contributed by atoms with E-state index in [1.54, 1.807) is 31.3 Å². The number of hydrogen-bond acceptors (Lipinski definition) is 5. The van der Waals surface area contributed by atoms with Crippen LogP contribution in [0.5, 0.6) is 11.5 Å². The molecular formula is C17H13ClN4O4. The minimum Gasteiger partial charge on any atom is -0.457 e. The van der Waals surface area contributed by atoms with Crippen molar-refractivity contribution in [2.24, 2.45) is 7.05 Å². The smallest absolute Gasteiger partial charge is 0.277 e. The van der Waals surface area contributed by atoms with Crippen LogP contribution >= 0.6 is 11.6 Å². The topological polar surface area (TPSA) is 99.3 Å². The molecule has 26 heavy (non-hydrogen) atoms. The summed E-state index contributed by atoms with van der Waals surface area (Å²) < 4.78 is 7.02. The average Bonchev–Trinajstić information content (AvgIpc) is 2.94. The van der Waals surface area contributed by atoms with Crippen LogP contribution < -0.4 is 10.1 Å². The Kier molecular flexibility index (Phi) is 4.85. The van der Waals surface area contributed by atoms with E-state index in [2.05, 4.69) is 10.4 Å². The van der Waals surface area contributed by atoms with E-state index in [-0.39, 0.29) is 27.8 Å². The maximum Gasteiger partial charge on any atom is 0.277 e. The van der Waals surface area contributed by atoms with E-state index in [9.17, 15) is 14.9 Å². The first-order valence-electron chi connectivity index (χ1n) is 7.45. The van der Waals surface area contributed by atoms with Crippen LogP contribution in [0.1, 0.15) is 10.5 Å².